The lowest BCUT2D eigenvalue weighted by Gasteiger charge is -2.37. The highest BCUT2D eigenvalue weighted by atomic mass is 16.4. The molecule has 18 saturated carbocycles. The summed E-state index contributed by atoms with van der Waals surface area (Å²) in [6.07, 6.45) is 26.8. The van der Waals surface area contributed by atoms with Gasteiger partial charge in [-0.1, -0.05) is 136 Å². The molecule has 18 aliphatic carbocycles. The van der Waals surface area contributed by atoms with E-state index in [0.717, 1.165) is 176 Å². The zero-order valence-corrected chi connectivity index (χ0v) is 73.4. The van der Waals surface area contributed by atoms with Gasteiger partial charge >= 0.3 is 47.8 Å². The van der Waals surface area contributed by atoms with E-state index in [1.54, 1.807) is 0 Å². The first-order valence-corrected chi connectivity index (χ1v) is 45.4. The maximum absolute atomic E-state index is 12.5. The average Bonchev–Trinajstić information content (AvgIpc) is 1.64. The zero-order valence-electron chi connectivity index (χ0n) is 73.4. The minimum atomic E-state index is -0.953. The van der Waals surface area contributed by atoms with Crippen molar-refractivity contribution in [2.45, 2.75) is 340 Å². The first kappa shape index (κ1) is 86.1. The van der Waals surface area contributed by atoms with Gasteiger partial charge in [0.2, 0.25) is 0 Å². The fourth-order valence-corrected chi connectivity index (χ4v) is 31.1. The molecule has 118 heavy (non-hydrogen) atoms. The van der Waals surface area contributed by atoms with Crippen molar-refractivity contribution >= 4 is 93.4 Å². The molecule has 8 N–H and O–H groups in total. The summed E-state index contributed by atoms with van der Waals surface area (Å²) in [4.78, 5) is 129. The third kappa shape index (κ3) is 11.1. The highest BCUT2D eigenvalue weighted by Gasteiger charge is 2.75. The van der Waals surface area contributed by atoms with Gasteiger partial charge in [0.15, 0.2) is 0 Å². The highest BCUT2D eigenvalue weighted by molar-refractivity contribution is 6.15. The van der Waals surface area contributed by atoms with Gasteiger partial charge in [-0.3, -0.25) is 68.3 Å². The molecule has 0 radical (unpaired) electrons. The summed E-state index contributed by atoms with van der Waals surface area (Å²) in [7, 11) is 0. The Labute approximate surface area is 696 Å². The number of carboxylic acids is 8. The fourth-order valence-electron chi connectivity index (χ4n) is 31.1. The monoisotopic (exact) mass is 1630 g/mol. The van der Waals surface area contributed by atoms with Crippen LogP contribution >= 0.6 is 0 Å². The first-order valence-electron chi connectivity index (χ1n) is 45.4. The van der Waals surface area contributed by atoms with Crippen molar-refractivity contribution in [2.24, 2.45) is 174 Å². The van der Waals surface area contributed by atoms with Crippen molar-refractivity contribution in [3.63, 3.8) is 0 Å². The minimum absolute atomic E-state index is 0.0225. The normalized spacial score (nSPS) is 45.1. The molecule has 24 heteroatoms. The van der Waals surface area contributed by atoms with E-state index in [4.69, 9.17) is 30.0 Å². The van der Waals surface area contributed by atoms with Crippen molar-refractivity contribution in [1.29, 1.82) is 0 Å². The van der Waals surface area contributed by atoms with Crippen molar-refractivity contribution in [3.8, 4) is 0 Å². The van der Waals surface area contributed by atoms with E-state index in [9.17, 15) is 79.2 Å². The molecule has 0 spiro atoms. The second-order valence-electron chi connectivity index (χ2n) is 44.9. The van der Waals surface area contributed by atoms with E-state index in [2.05, 4.69) is 93.3 Å². The molecule has 648 valence electrons. The number of nitrogens with zero attached hydrogens (tertiary/aromatic N) is 8. The van der Waals surface area contributed by atoms with Crippen molar-refractivity contribution in [3.05, 3.63) is 0 Å². The number of hydrogen-bond donors (Lipinski definition) is 8. The Kier molecular flexibility index (Phi) is 20.7. The summed E-state index contributed by atoms with van der Waals surface area (Å²) in [6.45, 7) is 34.1. The molecule has 0 aromatic carbocycles. The molecule has 16 unspecified atom stereocenters. The highest BCUT2D eigenvalue weighted by Crippen LogP contribution is 2.72. The number of aliphatic imine (C=N–C) groups is 6. The Morgan fingerprint density at radius 3 is 0.534 bits per heavy atom. The van der Waals surface area contributed by atoms with E-state index in [-0.39, 0.29) is 67.5 Å². The Morgan fingerprint density at radius 1 is 0.229 bits per heavy atom. The van der Waals surface area contributed by atoms with Crippen LogP contribution < -0.4 is 0 Å². The standard InChI is InChI=1S/2C26H38N2O4.C22H32N2O4.C20H28N2O4/c2*1-23(2)15-9-11-25(23,21(29)30)19(13-15)27-17-7-5-6-8-18(17)28-20-14-16-10-12-26(20,22(31)32)24(16,3)4;1-19(2)13-5-7-21(19,17(25)26)15(11-13)23-9-10-24-16-12-14-6-8-22(16,18(27)28)20(14,3)4;1-17(2)11-5-7-19(17,15(23)24)13(9-11)21-22-14-10-12-6-8-20(14,16(25)26)18(12,3)4/h2*15-18H,5-14H2,1-4H3,(H,29,30)(H,31,32);13-14H,5-12H2,1-4H3,(H,25,26)(H,27,28);11-12H,5-10H2,1-4H3,(H,23,24)(H,25,26)/b;;;21-13+,22-14+/t2*15?,16?,17-,18-,25?,26?;;/m10../s1. The molecule has 20 atom stereocenters. The van der Waals surface area contributed by atoms with Crippen LogP contribution in [-0.2, 0) is 38.4 Å². The molecule has 0 saturated heterocycles. The van der Waals surface area contributed by atoms with Crippen LogP contribution in [0.15, 0.2) is 40.2 Å². The molecule has 0 amide bonds. The van der Waals surface area contributed by atoms with Crippen LogP contribution in [0.1, 0.15) is 316 Å². The van der Waals surface area contributed by atoms with E-state index in [0.29, 0.717) is 136 Å². The Balaban J connectivity index is 0.000000123. The van der Waals surface area contributed by atoms with Gasteiger partial charge in [-0.2, -0.15) is 10.2 Å². The predicted octanol–water partition coefficient (Wildman–Crippen LogP) is 17.3. The van der Waals surface area contributed by atoms with Gasteiger partial charge in [0, 0.05) is 34.3 Å². The largest absolute Gasteiger partial charge is 0.481 e. The summed E-state index contributed by atoms with van der Waals surface area (Å²) in [6, 6.07) is -0.0900. The lowest BCUT2D eigenvalue weighted by Crippen LogP contribution is -2.45. The number of aliphatic carboxylic acids is 8. The van der Waals surface area contributed by atoms with Gasteiger partial charge in [0.25, 0.3) is 0 Å². The predicted molar refractivity (Wildman–Crippen MR) is 451 cm³/mol. The van der Waals surface area contributed by atoms with Gasteiger partial charge in [0.05, 0.1) is 48.7 Å². The van der Waals surface area contributed by atoms with E-state index < -0.39 is 91.1 Å². The third-order valence-electron chi connectivity index (χ3n) is 40.0. The molecule has 0 heterocycles. The number of fused-ring (bicyclic) bond motifs is 16. The zero-order chi connectivity index (χ0) is 85.9. The van der Waals surface area contributed by atoms with Crippen LogP contribution in [0.25, 0.3) is 0 Å². The molecular weight excluding hydrogens is 1500 g/mol. The number of rotatable bonds is 16. The van der Waals surface area contributed by atoms with Crippen LogP contribution in [0.4, 0.5) is 0 Å². The molecule has 0 aromatic rings. The molecule has 18 aliphatic rings. The van der Waals surface area contributed by atoms with Crippen LogP contribution in [0, 0.1) is 134 Å². The molecule has 16 bridgehead atoms. The number of hydrogen-bond acceptors (Lipinski definition) is 16. The lowest BCUT2D eigenvalue weighted by molar-refractivity contribution is -0.149. The summed E-state index contributed by atoms with van der Waals surface area (Å²) in [5.41, 5.74) is -2.77. The molecule has 24 nitrogen and oxygen atoms in total. The fraction of sp³-hybridized carbons (Fsp3) is 0.830. The van der Waals surface area contributed by atoms with E-state index in [1.807, 2.05) is 27.7 Å². The second kappa shape index (κ2) is 28.3. The van der Waals surface area contributed by atoms with E-state index in [1.165, 1.54) is 0 Å². The quantitative estimate of drug-likeness (QED) is 0.0526. The average molecular weight is 1630 g/mol. The van der Waals surface area contributed by atoms with Gasteiger partial charge < -0.3 is 40.9 Å². The van der Waals surface area contributed by atoms with Crippen LogP contribution in [0.3, 0.4) is 0 Å². The van der Waals surface area contributed by atoms with Crippen LogP contribution in [0.2, 0.25) is 0 Å². The second-order valence-corrected chi connectivity index (χ2v) is 44.9. The molecular formula is C94H136N8O16. The van der Waals surface area contributed by atoms with Crippen molar-refractivity contribution in [2.75, 3.05) is 13.1 Å². The molecule has 18 fully saturated rings. The minimum Gasteiger partial charge on any atom is -0.481 e. The Morgan fingerprint density at radius 2 is 0.373 bits per heavy atom. The number of carboxylic acid groups (broad SMARTS) is 8. The van der Waals surface area contributed by atoms with E-state index >= 15 is 0 Å². The van der Waals surface area contributed by atoms with Gasteiger partial charge in [-0.05, 0) is 270 Å². The molecule has 0 aliphatic heterocycles. The summed E-state index contributed by atoms with van der Waals surface area (Å²) in [5.74, 6) is -3.11. The van der Waals surface area contributed by atoms with Crippen molar-refractivity contribution < 1.29 is 79.2 Å². The van der Waals surface area contributed by atoms with Gasteiger partial charge in [-0.15, -0.1) is 0 Å². The number of carbonyl (C=O) groups is 8. The third-order valence-corrected chi connectivity index (χ3v) is 40.0. The smallest absolute Gasteiger partial charge is 0.316 e. The maximum atomic E-state index is 12.5. The first-order chi connectivity index (χ1) is 55.0. The summed E-state index contributed by atoms with van der Waals surface area (Å²) in [5, 5.41) is 89.9. The summed E-state index contributed by atoms with van der Waals surface area (Å²) < 4.78 is 0. The molecule has 18 rings (SSSR count). The lowest BCUT2D eigenvalue weighted by atomic mass is 9.68. The maximum Gasteiger partial charge on any atom is 0.316 e. The Bertz CT molecular complexity index is 4080. The van der Waals surface area contributed by atoms with Crippen LogP contribution in [0.5, 0.6) is 0 Å². The topological polar surface area (TPSA) is 397 Å². The van der Waals surface area contributed by atoms with Gasteiger partial charge in [0.1, 0.15) is 43.3 Å². The Hall–Kier alpha value is -6.88. The van der Waals surface area contributed by atoms with Crippen LogP contribution in [-0.4, -0.2) is 172 Å². The SMILES string of the molecule is CC1(C)C2CCC1(C(=O)O)/C(=N/N=C1\CC3CCC1(C(=O)O)C3(C)C)C2.CC1(C)C2CCC1(C(=O)O)C(=NCCN=C1CC3CCC1(C(=O)O)C3(C)C)C2.CC1(C)C2CCC1(C(=O)O)C(=N[C@@H]1CCCC[C@H]1N=C1CC3CCC1(C(=O)O)C3(C)C)C2.CC1(C)C2CCC1(C(=O)O)C(=N[C@H]1CCCC[C@@H]1N=C1CC3CCC1(C(=O)O)C3(C)C)C2. The van der Waals surface area contributed by atoms with Crippen molar-refractivity contribution in [1.82, 2.24) is 0 Å². The van der Waals surface area contributed by atoms with Gasteiger partial charge in [-0.25, -0.2) is 0 Å². The summed E-state index contributed by atoms with van der Waals surface area (Å²) >= 11 is 0. The molecule has 0 aromatic heterocycles.